The van der Waals surface area contributed by atoms with Crippen molar-refractivity contribution < 1.29 is 17.7 Å². The number of nitrogens with zero attached hydrogens (tertiary/aromatic N) is 4. The first-order chi connectivity index (χ1) is 15.9. The molecule has 1 saturated heterocycles. The number of sulfonamides is 1. The van der Waals surface area contributed by atoms with Gasteiger partial charge in [-0.2, -0.15) is 9.29 Å². The van der Waals surface area contributed by atoms with E-state index in [-0.39, 0.29) is 23.9 Å². The van der Waals surface area contributed by atoms with Crippen LogP contribution >= 0.6 is 11.3 Å². The zero-order valence-corrected chi connectivity index (χ0v) is 20.4. The number of aromatic nitrogens is 2. The smallest absolute Gasteiger partial charge is 0.246 e. The standard InChI is InChI=1S/C23H28N4O4S2/c1-3-12-26(16-21-24-22(25-31-21)20-7-5-14-32-20)23(28)18-6-4-13-27(15-18)33(29,30)19-10-8-17(2)9-11-19/h5,7-11,14,18H,3-4,6,12-13,15-16H2,1-2H3/t18-/m1/s1. The first kappa shape index (κ1) is 23.6. The molecule has 0 spiro atoms. The lowest BCUT2D eigenvalue weighted by molar-refractivity contribution is -0.137. The molecule has 1 fully saturated rings. The van der Waals surface area contributed by atoms with Crippen LogP contribution in [0.25, 0.3) is 10.7 Å². The lowest BCUT2D eigenvalue weighted by atomic mass is 9.98. The molecule has 176 valence electrons. The third kappa shape index (κ3) is 5.34. The highest BCUT2D eigenvalue weighted by Crippen LogP contribution is 2.26. The van der Waals surface area contributed by atoms with E-state index in [1.165, 1.54) is 15.6 Å². The molecule has 2 aromatic heterocycles. The summed E-state index contributed by atoms with van der Waals surface area (Å²) in [7, 11) is -3.64. The van der Waals surface area contributed by atoms with Crippen LogP contribution in [0.15, 0.2) is 51.2 Å². The summed E-state index contributed by atoms with van der Waals surface area (Å²) in [5.74, 6) is 0.416. The third-order valence-electron chi connectivity index (χ3n) is 5.73. The van der Waals surface area contributed by atoms with Crippen molar-refractivity contribution in [2.75, 3.05) is 19.6 Å². The zero-order valence-electron chi connectivity index (χ0n) is 18.8. The van der Waals surface area contributed by atoms with Gasteiger partial charge in [-0.1, -0.05) is 35.8 Å². The average molecular weight is 489 g/mol. The number of carbonyl (C=O) groups is 1. The van der Waals surface area contributed by atoms with Crippen LogP contribution in [0.4, 0.5) is 0 Å². The molecule has 3 aromatic rings. The van der Waals surface area contributed by atoms with E-state index in [4.69, 9.17) is 4.52 Å². The Hall–Kier alpha value is -2.56. The minimum Gasteiger partial charge on any atom is -0.337 e. The van der Waals surface area contributed by atoms with E-state index >= 15 is 0 Å². The molecule has 8 nitrogen and oxygen atoms in total. The van der Waals surface area contributed by atoms with Gasteiger partial charge in [0.1, 0.15) is 0 Å². The molecule has 0 bridgehead atoms. The first-order valence-corrected chi connectivity index (χ1v) is 13.4. The molecule has 3 heterocycles. The van der Waals surface area contributed by atoms with Gasteiger partial charge in [-0.15, -0.1) is 11.3 Å². The fourth-order valence-electron chi connectivity index (χ4n) is 4.01. The van der Waals surface area contributed by atoms with Crippen LogP contribution in [0, 0.1) is 12.8 Å². The van der Waals surface area contributed by atoms with Gasteiger partial charge in [-0.25, -0.2) is 8.42 Å². The summed E-state index contributed by atoms with van der Waals surface area (Å²) in [6.07, 6.45) is 2.07. The molecule has 10 heteroatoms. The van der Waals surface area contributed by atoms with E-state index in [0.29, 0.717) is 37.6 Å². The number of piperidine rings is 1. The zero-order chi connectivity index (χ0) is 23.4. The molecule has 0 radical (unpaired) electrons. The maximum Gasteiger partial charge on any atom is 0.246 e. The van der Waals surface area contributed by atoms with Crippen LogP contribution in [-0.2, 0) is 21.4 Å². The highest BCUT2D eigenvalue weighted by Gasteiger charge is 2.35. The predicted molar refractivity (Wildman–Crippen MR) is 126 cm³/mol. The van der Waals surface area contributed by atoms with Crippen molar-refractivity contribution in [3.8, 4) is 10.7 Å². The topological polar surface area (TPSA) is 96.6 Å². The van der Waals surface area contributed by atoms with Gasteiger partial charge in [-0.3, -0.25) is 4.79 Å². The molecule has 1 atom stereocenters. The number of benzene rings is 1. The van der Waals surface area contributed by atoms with Crippen LogP contribution in [0.2, 0.25) is 0 Å². The van der Waals surface area contributed by atoms with Crippen LogP contribution in [-0.4, -0.2) is 53.3 Å². The van der Waals surface area contributed by atoms with Crippen LogP contribution in [0.1, 0.15) is 37.6 Å². The van der Waals surface area contributed by atoms with Crippen molar-refractivity contribution >= 4 is 27.3 Å². The monoisotopic (exact) mass is 488 g/mol. The van der Waals surface area contributed by atoms with Crippen molar-refractivity contribution in [1.82, 2.24) is 19.3 Å². The Bertz CT molecular complexity index is 1170. The summed E-state index contributed by atoms with van der Waals surface area (Å²) in [6.45, 7) is 5.27. The Morgan fingerprint density at radius 2 is 2.06 bits per heavy atom. The Balaban J connectivity index is 1.47. The van der Waals surface area contributed by atoms with Gasteiger partial charge in [0.15, 0.2) is 0 Å². The summed E-state index contributed by atoms with van der Waals surface area (Å²) in [6, 6.07) is 10.7. The van der Waals surface area contributed by atoms with Gasteiger partial charge in [0.05, 0.1) is 22.2 Å². The molecular weight excluding hydrogens is 460 g/mol. The predicted octanol–water partition coefficient (Wildman–Crippen LogP) is 3.95. The fraction of sp³-hybridized carbons (Fsp3) is 0.435. The summed E-state index contributed by atoms with van der Waals surface area (Å²) in [5, 5.41) is 5.97. The average Bonchev–Trinajstić information content (AvgIpc) is 3.51. The Morgan fingerprint density at radius 1 is 1.27 bits per heavy atom. The van der Waals surface area contributed by atoms with Gasteiger partial charge in [-0.05, 0) is 49.8 Å². The largest absolute Gasteiger partial charge is 0.337 e. The van der Waals surface area contributed by atoms with E-state index in [0.717, 1.165) is 16.9 Å². The Morgan fingerprint density at radius 3 is 2.76 bits per heavy atom. The molecule has 33 heavy (non-hydrogen) atoms. The normalized spacial score (nSPS) is 17.2. The maximum absolute atomic E-state index is 13.4. The SMILES string of the molecule is CCCN(Cc1nc(-c2cccs2)no1)C(=O)[C@@H]1CCCN(S(=O)(=O)c2ccc(C)cc2)C1. The summed E-state index contributed by atoms with van der Waals surface area (Å²) in [4.78, 5) is 20.7. The quantitative estimate of drug-likeness (QED) is 0.476. The van der Waals surface area contributed by atoms with Gasteiger partial charge in [0, 0.05) is 19.6 Å². The number of thiophene rings is 1. The van der Waals surface area contributed by atoms with Gasteiger partial charge >= 0.3 is 0 Å². The van der Waals surface area contributed by atoms with E-state index in [1.807, 2.05) is 31.4 Å². The van der Waals surface area contributed by atoms with Gasteiger partial charge in [0.2, 0.25) is 27.6 Å². The minimum atomic E-state index is -3.64. The van der Waals surface area contributed by atoms with Crippen molar-refractivity contribution in [3.63, 3.8) is 0 Å². The summed E-state index contributed by atoms with van der Waals surface area (Å²) >= 11 is 1.52. The lowest BCUT2D eigenvalue weighted by Gasteiger charge is -2.34. The fourth-order valence-corrected chi connectivity index (χ4v) is 6.18. The number of aryl methyl sites for hydroxylation is 1. The molecule has 1 amide bonds. The van der Waals surface area contributed by atoms with Crippen molar-refractivity contribution in [3.05, 3.63) is 53.2 Å². The highest BCUT2D eigenvalue weighted by molar-refractivity contribution is 7.89. The summed E-state index contributed by atoms with van der Waals surface area (Å²) in [5.41, 5.74) is 0.999. The molecule has 0 unspecified atom stereocenters. The molecule has 1 aromatic carbocycles. The van der Waals surface area contributed by atoms with Crippen LogP contribution in [0.3, 0.4) is 0 Å². The molecule has 1 aliphatic rings. The number of hydrogen-bond donors (Lipinski definition) is 0. The van der Waals surface area contributed by atoms with Crippen LogP contribution < -0.4 is 0 Å². The second kappa shape index (κ2) is 10.1. The van der Waals surface area contributed by atoms with Gasteiger partial charge in [0.25, 0.3) is 0 Å². The molecule has 0 aliphatic carbocycles. The Kier molecular flexibility index (Phi) is 7.26. The van der Waals surface area contributed by atoms with Crippen molar-refractivity contribution in [2.45, 2.75) is 44.6 Å². The molecular formula is C23H28N4O4S2. The van der Waals surface area contributed by atoms with Gasteiger partial charge < -0.3 is 9.42 Å². The number of carbonyl (C=O) groups excluding carboxylic acids is 1. The van der Waals surface area contributed by atoms with Crippen molar-refractivity contribution in [2.24, 2.45) is 5.92 Å². The highest BCUT2D eigenvalue weighted by atomic mass is 32.2. The molecule has 0 saturated carbocycles. The lowest BCUT2D eigenvalue weighted by Crippen LogP contribution is -2.46. The molecule has 4 rings (SSSR count). The third-order valence-corrected chi connectivity index (χ3v) is 8.48. The number of amides is 1. The Labute approximate surface area is 198 Å². The summed E-state index contributed by atoms with van der Waals surface area (Å²) < 4.78 is 33.1. The van der Waals surface area contributed by atoms with E-state index in [1.54, 1.807) is 29.2 Å². The van der Waals surface area contributed by atoms with Crippen LogP contribution in [0.5, 0.6) is 0 Å². The maximum atomic E-state index is 13.4. The molecule has 0 N–H and O–H groups in total. The minimum absolute atomic E-state index is 0.0727. The van der Waals surface area contributed by atoms with E-state index in [9.17, 15) is 13.2 Å². The number of hydrogen-bond acceptors (Lipinski definition) is 7. The number of rotatable bonds is 8. The first-order valence-electron chi connectivity index (χ1n) is 11.1. The van der Waals surface area contributed by atoms with E-state index in [2.05, 4.69) is 10.1 Å². The van der Waals surface area contributed by atoms with E-state index < -0.39 is 15.9 Å². The molecule has 1 aliphatic heterocycles. The second-order valence-corrected chi connectivity index (χ2v) is 11.1. The second-order valence-electron chi connectivity index (χ2n) is 8.26. The van der Waals surface area contributed by atoms with Crippen molar-refractivity contribution in [1.29, 1.82) is 0 Å².